The van der Waals surface area contributed by atoms with Crippen molar-refractivity contribution < 1.29 is 22.7 Å². The van der Waals surface area contributed by atoms with E-state index < -0.39 is 11.7 Å². The minimum Gasteiger partial charge on any atom is -0.379 e. The number of carbonyl (C=O) groups is 1. The van der Waals surface area contributed by atoms with E-state index in [0.29, 0.717) is 57.9 Å². The standard InChI is InChI=1S/C19H26F3N3O2/c1-2-15-3-4-17(16(13-15)19(20,21)22)24-5-7-25(8-6-24)18(26)14-23-9-11-27-12-10-23/h3-4,13H,2,5-12,14H2,1H3. The number of anilines is 1. The van der Waals surface area contributed by atoms with Crippen molar-refractivity contribution in [1.29, 1.82) is 0 Å². The van der Waals surface area contributed by atoms with Crippen molar-refractivity contribution in [3.05, 3.63) is 29.3 Å². The second kappa shape index (κ2) is 8.48. The molecule has 1 amide bonds. The lowest BCUT2D eigenvalue weighted by atomic mass is 10.0. The number of hydrogen-bond donors (Lipinski definition) is 0. The average Bonchev–Trinajstić information content (AvgIpc) is 2.67. The fourth-order valence-electron chi connectivity index (χ4n) is 3.55. The smallest absolute Gasteiger partial charge is 0.379 e. The maximum Gasteiger partial charge on any atom is 0.418 e. The molecule has 5 nitrogen and oxygen atoms in total. The van der Waals surface area contributed by atoms with Crippen LogP contribution in [0.3, 0.4) is 0 Å². The number of piperazine rings is 1. The van der Waals surface area contributed by atoms with E-state index in [-0.39, 0.29) is 11.6 Å². The minimum atomic E-state index is -4.39. The Kier molecular flexibility index (Phi) is 6.26. The van der Waals surface area contributed by atoms with Crippen LogP contribution in [0.5, 0.6) is 0 Å². The minimum absolute atomic E-state index is 0.0360. The summed E-state index contributed by atoms with van der Waals surface area (Å²) in [5, 5.41) is 0. The Morgan fingerprint density at radius 2 is 1.74 bits per heavy atom. The van der Waals surface area contributed by atoms with Crippen LogP contribution in [-0.2, 0) is 22.1 Å². The summed E-state index contributed by atoms with van der Waals surface area (Å²) in [4.78, 5) is 18.0. The van der Waals surface area contributed by atoms with E-state index in [2.05, 4.69) is 4.90 Å². The molecule has 0 bridgehead atoms. The second-order valence-electron chi connectivity index (χ2n) is 6.96. The number of morpholine rings is 1. The summed E-state index contributed by atoms with van der Waals surface area (Å²) in [6.07, 6.45) is -3.82. The van der Waals surface area contributed by atoms with Gasteiger partial charge in [0.05, 0.1) is 25.3 Å². The molecule has 3 rings (SSSR count). The maximum atomic E-state index is 13.5. The number of benzene rings is 1. The highest BCUT2D eigenvalue weighted by Gasteiger charge is 2.36. The van der Waals surface area contributed by atoms with Crippen LogP contribution in [0, 0.1) is 0 Å². The van der Waals surface area contributed by atoms with Crippen molar-refractivity contribution >= 4 is 11.6 Å². The van der Waals surface area contributed by atoms with Crippen LogP contribution in [0.15, 0.2) is 18.2 Å². The number of alkyl halides is 3. The molecular weight excluding hydrogens is 359 g/mol. The van der Waals surface area contributed by atoms with Gasteiger partial charge in [0.2, 0.25) is 5.91 Å². The summed E-state index contributed by atoms with van der Waals surface area (Å²) in [5.41, 5.74) is 0.292. The highest BCUT2D eigenvalue weighted by molar-refractivity contribution is 5.78. The number of hydrogen-bond acceptors (Lipinski definition) is 4. The quantitative estimate of drug-likeness (QED) is 0.797. The third kappa shape index (κ3) is 4.93. The summed E-state index contributed by atoms with van der Waals surface area (Å²) in [5.74, 6) is 0.0360. The van der Waals surface area contributed by atoms with Gasteiger partial charge in [0, 0.05) is 45.0 Å². The molecule has 2 aliphatic rings. The van der Waals surface area contributed by atoms with Crippen molar-refractivity contribution in [1.82, 2.24) is 9.80 Å². The van der Waals surface area contributed by atoms with Crippen LogP contribution >= 0.6 is 0 Å². The number of aryl methyl sites for hydroxylation is 1. The summed E-state index contributed by atoms with van der Waals surface area (Å²) in [6.45, 7) is 6.63. The molecule has 0 aliphatic carbocycles. The van der Waals surface area contributed by atoms with Crippen molar-refractivity contribution in [2.45, 2.75) is 19.5 Å². The molecule has 0 unspecified atom stereocenters. The Morgan fingerprint density at radius 3 is 2.33 bits per heavy atom. The van der Waals surface area contributed by atoms with Gasteiger partial charge in [0.25, 0.3) is 0 Å². The Bertz CT molecular complexity index is 652. The highest BCUT2D eigenvalue weighted by atomic mass is 19.4. The fraction of sp³-hybridized carbons (Fsp3) is 0.632. The van der Waals surface area contributed by atoms with E-state index in [9.17, 15) is 18.0 Å². The van der Waals surface area contributed by atoms with Gasteiger partial charge in [-0.15, -0.1) is 0 Å². The number of carbonyl (C=O) groups excluding carboxylic acids is 1. The molecule has 2 heterocycles. The molecule has 0 saturated carbocycles. The number of rotatable bonds is 4. The number of ether oxygens (including phenoxy) is 1. The first-order valence-corrected chi connectivity index (χ1v) is 9.41. The monoisotopic (exact) mass is 385 g/mol. The molecule has 27 heavy (non-hydrogen) atoms. The zero-order valence-corrected chi connectivity index (χ0v) is 15.6. The van der Waals surface area contributed by atoms with Crippen LogP contribution in [-0.4, -0.2) is 74.7 Å². The van der Waals surface area contributed by atoms with Crippen LogP contribution in [0.25, 0.3) is 0 Å². The third-order valence-electron chi connectivity index (χ3n) is 5.21. The molecule has 150 valence electrons. The molecule has 0 aromatic heterocycles. The van der Waals surface area contributed by atoms with Crippen LogP contribution < -0.4 is 4.90 Å². The molecule has 8 heteroatoms. The number of halogens is 3. The van der Waals surface area contributed by atoms with Gasteiger partial charge in [-0.25, -0.2) is 0 Å². The Labute approximate surface area is 157 Å². The predicted molar refractivity (Wildman–Crippen MR) is 96.9 cm³/mol. The molecule has 0 spiro atoms. The van der Waals surface area contributed by atoms with Crippen molar-refractivity contribution in [3.8, 4) is 0 Å². The van der Waals surface area contributed by atoms with Crippen molar-refractivity contribution in [3.63, 3.8) is 0 Å². The lowest BCUT2D eigenvalue weighted by Gasteiger charge is -2.38. The van der Waals surface area contributed by atoms with E-state index in [4.69, 9.17) is 4.74 Å². The SMILES string of the molecule is CCc1ccc(N2CCN(C(=O)CN3CCOCC3)CC2)c(C(F)(F)F)c1. The van der Waals surface area contributed by atoms with Gasteiger partial charge in [-0.05, 0) is 24.1 Å². The largest absolute Gasteiger partial charge is 0.418 e. The van der Waals surface area contributed by atoms with Gasteiger partial charge in [-0.3, -0.25) is 9.69 Å². The van der Waals surface area contributed by atoms with Crippen LogP contribution in [0.4, 0.5) is 18.9 Å². The average molecular weight is 385 g/mol. The second-order valence-corrected chi connectivity index (χ2v) is 6.96. The molecule has 2 aliphatic heterocycles. The predicted octanol–water partition coefficient (Wildman–Crippen LogP) is 2.25. The van der Waals surface area contributed by atoms with Crippen molar-refractivity contribution in [2.75, 3.05) is 63.9 Å². The molecule has 1 aromatic carbocycles. The first-order chi connectivity index (χ1) is 12.9. The third-order valence-corrected chi connectivity index (χ3v) is 5.21. The van der Waals surface area contributed by atoms with Gasteiger partial charge >= 0.3 is 6.18 Å². The molecule has 2 fully saturated rings. The molecule has 1 aromatic rings. The Hall–Kier alpha value is -1.80. The Balaban J connectivity index is 1.62. The molecule has 0 atom stereocenters. The lowest BCUT2D eigenvalue weighted by Crippen LogP contribution is -2.52. The van der Waals surface area contributed by atoms with Gasteiger partial charge in [-0.1, -0.05) is 13.0 Å². The number of amides is 1. The van der Waals surface area contributed by atoms with E-state index in [1.807, 2.05) is 6.92 Å². The van der Waals surface area contributed by atoms with Crippen LogP contribution in [0.1, 0.15) is 18.1 Å². The topological polar surface area (TPSA) is 36.0 Å². The maximum absolute atomic E-state index is 13.5. The van der Waals surface area contributed by atoms with Gasteiger partial charge in [0.1, 0.15) is 0 Å². The van der Waals surface area contributed by atoms with E-state index in [1.165, 1.54) is 6.07 Å². The highest BCUT2D eigenvalue weighted by Crippen LogP contribution is 2.37. The first kappa shape index (κ1) is 19.9. The van der Waals surface area contributed by atoms with E-state index in [0.717, 1.165) is 13.1 Å². The summed E-state index contributed by atoms with van der Waals surface area (Å²) in [6, 6.07) is 4.55. The molecule has 0 radical (unpaired) electrons. The molecule has 2 saturated heterocycles. The summed E-state index contributed by atoms with van der Waals surface area (Å²) in [7, 11) is 0. The normalized spacial score (nSPS) is 19.4. The zero-order chi connectivity index (χ0) is 19.4. The van der Waals surface area contributed by atoms with E-state index >= 15 is 0 Å². The first-order valence-electron chi connectivity index (χ1n) is 9.41. The number of nitrogens with zero attached hydrogens (tertiary/aromatic N) is 3. The Morgan fingerprint density at radius 1 is 1.07 bits per heavy atom. The van der Waals surface area contributed by atoms with Gasteiger partial charge in [0.15, 0.2) is 0 Å². The molecule has 0 N–H and O–H groups in total. The van der Waals surface area contributed by atoms with Gasteiger partial charge in [-0.2, -0.15) is 13.2 Å². The summed E-state index contributed by atoms with van der Waals surface area (Å²) >= 11 is 0. The van der Waals surface area contributed by atoms with Crippen molar-refractivity contribution in [2.24, 2.45) is 0 Å². The fourth-order valence-corrected chi connectivity index (χ4v) is 3.55. The summed E-state index contributed by atoms with van der Waals surface area (Å²) < 4.78 is 45.7. The zero-order valence-electron chi connectivity index (χ0n) is 15.6. The van der Waals surface area contributed by atoms with Gasteiger partial charge < -0.3 is 14.5 Å². The lowest BCUT2D eigenvalue weighted by molar-refractivity contribution is -0.137. The van der Waals surface area contributed by atoms with Crippen LogP contribution in [0.2, 0.25) is 0 Å². The molecular formula is C19H26F3N3O2. The van der Waals surface area contributed by atoms with E-state index in [1.54, 1.807) is 21.9 Å².